The molecule has 10 nitrogen and oxygen atoms in total. The Morgan fingerprint density at radius 1 is 0.783 bits per heavy atom. The van der Waals surface area contributed by atoms with Crippen LogP contribution >= 0.6 is 0 Å². The van der Waals surface area contributed by atoms with Crippen LogP contribution in [-0.2, 0) is 30.3 Å². The molecule has 0 saturated heterocycles. The molecule has 0 aliphatic carbocycles. The molecule has 0 bridgehead atoms. The molecule has 0 radical (unpaired) electrons. The van der Waals surface area contributed by atoms with E-state index in [1.165, 1.54) is 12.1 Å². The number of sulfonamides is 1. The van der Waals surface area contributed by atoms with Crippen molar-refractivity contribution in [2.45, 2.75) is 4.90 Å². The van der Waals surface area contributed by atoms with Crippen LogP contribution in [0.3, 0.4) is 0 Å². The fourth-order valence-corrected chi connectivity index (χ4v) is 3.36. The quantitative estimate of drug-likeness (QED) is 0.330. The van der Waals surface area contributed by atoms with E-state index in [2.05, 4.69) is 5.32 Å². The summed E-state index contributed by atoms with van der Waals surface area (Å²) in [6, 6.07) is 4.43. The van der Waals surface area contributed by atoms with Gasteiger partial charge < -0.3 is 14.4 Å². The summed E-state index contributed by atoms with van der Waals surface area (Å²) in [5.74, 6) is -2.16. The first-order chi connectivity index (χ1) is 9.39. The van der Waals surface area contributed by atoms with Crippen molar-refractivity contribution >= 4 is 35.9 Å². The first-order valence-corrected chi connectivity index (χ1v) is 9.74. The Labute approximate surface area is 178 Å². The number of anilines is 1. The van der Waals surface area contributed by atoms with Gasteiger partial charge in [0.15, 0.2) is 0 Å². The van der Waals surface area contributed by atoms with Gasteiger partial charge in [0.2, 0.25) is 10.0 Å². The molecule has 0 heterocycles. The molecule has 1 aromatic rings. The molecule has 0 atom stereocenters. The van der Waals surface area contributed by atoms with Crippen molar-refractivity contribution in [2.75, 3.05) is 17.1 Å². The van der Waals surface area contributed by atoms with Crippen LogP contribution in [0.15, 0.2) is 29.2 Å². The Morgan fingerprint density at radius 2 is 1.22 bits per heavy atom. The van der Waals surface area contributed by atoms with Gasteiger partial charge in [0.05, 0.1) is 4.90 Å². The Morgan fingerprint density at radius 3 is 1.61 bits per heavy atom. The fourth-order valence-electron chi connectivity index (χ4n) is 1.16. The summed E-state index contributed by atoms with van der Waals surface area (Å²) in [5, 5.41) is 2.26. The van der Waals surface area contributed by atoms with Crippen LogP contribution in [0.25, 0.3) is 0 Å². The average molecular weight is 404 g/mol. The molecule has 23 heavy (non-hydrogen) atoms. The smallest absolute Gasteiger partial charge is 0.747 e. The van der Waals surface area contributed by atoms with Crippen molar-refractivity contribution in [1.29, 1.82) is 0 Å². The molecule has 2 N–H and O–H groups in total. The van der Waals surface area contributed by atoms with Crippen LogP contribution in [0, 0.1) is 0 Å². The van der Waals surface area contributed by atoms with Crippen molar-refractivity contribution in [1.82, 2.24) is 4.72 Å². The van der Waals surface area contributed by atoms with E-state index < -0.39 is 42.0 Å². The van der Waals surface area contributed by atoms with Gasteiger partial charge in [0, 0.05) is 5.69 Å². The van der Waals surface area contributed by atoms with E-state index >= 15 is 0 Å². The van der Waals surface area contributed by atoms with E-state index in [1.807, 2.05) is 0 Å². The summed E-state index contributed by atoms with van der Waals surface area (Å²) in [6.45, 7) is 0. The van der Waals surface area contributed by atoms with Crippen LogP contribution in [0.5, 0.6) is 0 Å². The first-order valence-electron chi connectivity index (χ1n) is 5.10. The van der Waals surface area contributed by atoms with Crippen molar-refractivity contribution in [3.8, 4) is 0 Å². The zero-order chi connectivity index (χ0) is 16.3. The number of benzene rings is 1. The molecule has 0 unspecified atom stereocenters. The van der Waals surface area contributed by atoms with Crippen LogP contribution in [0.4, 0.5) is 5.69 Å². The maximum absolute atomic E-state index is 11.6. The van der Waals surface area contributed by atoms with E-state index in [-0.39, 0.29) is 69.7 Å². The number of rotatable bonds is 7. The Kier molecular flexibility index (Phi) is 11.3. The van der Waals surface area contributed by atoms with E-state index in [9.17, 15) is 34.4 Å². The van der Waals surface area contributed by atoms with Gasteiger partial charge in [0.1, 0.15) is 32.0 Å². The minimum atomic E-state index is -4.75. The Bertz CT molecular complexity index is 805. The van der Waals surface area contributed by atoms with E-state index in [1.54, 1.807) is 4.72 Å². The molecule has 0 spiro atoms. The van der Waals surface area contributed by atoms with Gasteiger partial charge in [-0.3, -0.25) is 0 Å². The molecule has 0 saturated carbocycles. The Balaban J connectivity index is 0. The summed E-state index contributed by atoms with van der Waals surface area (Å²) < 4.78 is 87.1. The molecule has 0 aliphatic rings. The predicted octanol–water partition coefficient (Wildman–Crippen LogP) is -7.61. The van der Waals surface area contributed by atoms with Crippen molar-refractivity contribution in [2.24, 2.45) is 0 Å². The maximum atomic E-state index is 11.6. The monoisotopic (exact) mass is 404 g/mol. The second-order valence-corrected chi connectivity index (χ2v) is 8.33. The normalized spacial score (nSPS) is 11.9. The number of nitrogens with one attached hydrogen (secondary N) is 2. The van der Waals surface area contributed by atoms with Gasteiger partial charge in [-0.15, -0.1) is 0 Å². The third-order valence-electron chi connectivity index (χ3n) is 2.04. The van der Waals surface area contributed by atoms with Gasteiger partial charge in [-0.05, 0) is 24.3 Å². The molecule has 0 aliphatic heterocycles. The second-order valence-electron chi connectivity index (χ2n) is 3.75. The van der Waals surface area contributed by atoms with Crippen molar-refractivity contribution in [3.05, 3.63) is 24.3 Å². The standard InChI is InChI=1S/C8H12N2O8S3.2Na/c11-19(12,13)5-9-7-1-3-8(4-2-7)21(17,18)10-6-20(14,15)16;;/h1-4,9-10H,5-6H2,(H,11,12,13)(H,14,15,16);;/q;2*+1/p-2. The number of hydrogen-bond acceptors (Lipinski definition) is 9. The molecular formula is C8H10N2Na2O8S3. The summed E-state index contributed by atoms with van der Waals surface area (Å²) in [7, 11) is -13.4. The third kappa shape index (κ3) is 11.1. The zero-order valence-electron chi connectivity index (χ0n) is 12.2. The molecule has 120 valence electrons. The summed E-state index contributed by atoms with van der Waals surface area (Å²) >= 11 is 0. The Hall–Kier alpha value is 0.750. The molecule has 15 heteroatoms. The fraction of sp³-hybridized carbons (Fsp3) is 0.250. The predicted molar refractivity (Wildman–Crippen MR) is 69.5 cm³/mol. The average Bonchev–Trinajstić information content (AvgIpc) is 2.33. The van der Waals surface area contributed by atoms with Gasteiger partial charge in [-0.2, -0.15) is 4.72 Å². The van der Waals surface area contributed by atoms with E-state index in [0.717, 1.165) is 12.1 Å². The first kappa shape index (κ1) is 26.0. The number of hydrogen-bond donors (Lipinski definition) is 2. The topological polar surface area (TPSA) is 173 Å². The molecule has 0 amide bonds. The van der Waals surface area contributed by atoms with Gasteiger partial charge in [0.25, 0.3) is 0 Å². The maximum Gasteiger partial charge on any atom is 1.00 e. The SMILES string of the molecule is O=S(=O)([O-])CNc1ccc(S(=O)(=O)NCS(=O)(=O)[O-])cc1.[Na+].[Na+]. The van der Waals surface area contributed by atoms with E-state index in [0.29, 0.717) is 0 Å². The second kappa shape index (κ2) is 10.0. The zero-order valence-corrected chi connectivity index (χ0v) is 18.7. The van der Waals surface area contributed by atoms with Crippen LogP contribution in [0.2, 0.25) is 0 Å². The minimum Gasteiger partial charge on any atom is -0.747 e. The molecular weight excluding hydrogens is 394 g/mol. The van der Waals surface area contributed by atoms with Crippen molar-refractivity contribution in [3.63, 3.8) is 0 Å². The van der Waals surface area contributed by atoms with Crippen molar-refractivity contribution < 1.29 is 93.5 Å². The van der Waals surface area contributed by atoms with Gasteiger partial charge in [-0.1, -0.05) is 0 Å². The molecule has 0 aromatic heterocycles. The van der Waals surface area contributed by atoms with Crippen LogP contribution < -0.4 is 69.2 Å². The van der Waals surface area contributed by atoms with E-state index in [4.69, 9.17) is 0 Å². The minimum absolute atomic E-state index is 0. The van der Waals surface area contributed by atoms with Gasteiger partial charge >= 0.3 is 59.1 Å². The van der Waals surface area contributed by atoms with Crippen LogP contribution in [-0.4, -0.2) is 46.1 Å². The summed E-state index contributed by atoms with van der Waals surface area (Å²) in [4.78, 5) is -0.332. The largest absolute Gasteiger partial charge is 1.00 e. The molecule has 1 rings (SSSR count). The molecule has 1 aromatic carbocycles. The van der Waals surface area contributed by atoms with Gasteiger partial charge in [-0.25, -0.2) is 25.3 Å². The molecule has 0 fully saturated rings. The summed E-state index contributed by atoms with van der Waals surface area (Å²) in [6.07, 6.45) is 0. The third-order valence-corrected chi connectivity index (χ3v) is 4.64. The summed E-state index contributed by atoms with van der Waals surface area (Å²) in [5.41, 5.74) is 0.171. The van der Waals surface area contributed by atoms with Crippen LogP contribution in [0.1, 0.15) is 0 Å².